The summed E-state index contributed by atoms with van der Waals surface area (Å²) in [4.78, 5) is 24.0. The second-order valence-corrected chi connectivity index (χ2v) is 6.06. The molecule has 0 fully saturated rings. The van der Waals surface area contributed by atoms with Crippen molar-refractivity contribution in [2.45, 2.75) is 32.9 Å². The number of phenolic OH excluding ortho intramolecular Hbond substituents is 1. The molecule has 1 aromatic carbocycles. The van der Waals surface area contributed by atoms with Crippen molar-refractivity contribution in [2.24, 2.45) is 11.7 Å². The van der Waals surface area contributed by atoms with Crippen molar-refractivity contribution < 1.29 is 19.1 Å². The number of benzene rings is 1. The van der Waals surface area contributed by atoms with Gasteiger partial charge in [-0.1, -0.05) is 13.8 Å². The maximum absolute atomic E-state index is 12.0. The molecule has 0 unspecified atom stereocenters. The summed E-state index contributed by atoms with van der Waals surface area (Å²) in [6, 6.07) is 3.92. The maximum Gasteiger partial charge on any atom is 0.347 e. The summed E-state index contributed by atoms with van der Waals surface area (Å²) >= 11 is 0. The number of methoxy groups -OCH3 is 1. The molecule has 1 aromatic heterocycles. The van der Waals surface area contributed by atoms with Gasteiger partial charge in [0, 0.05) is 6.07 Å². The Kier molecular flexibility index (Phi) is 5.46. The van der Waals surface area contributed by atoms with Crippen molar-refractivity contribution in [1.82, 2.24) is 5.32 Å². The molecular weight excluding hydrogens is 312 g/mol. The van der Waals surface area contributed by atoms with Crippen LogP contribution in [0, 0.1) is 5.92 Å². The fourth-order valence-electron chi connectivity index (χ4n) is 2.46. The molecule has 0 spiro atoms. The number of ether oxygens (including phenoxy) is 1. The quantitative estimate of drug-likeness (QED) is 0.737. The molecule has 0 aliphatic rings. The molecule has 1 atom stereocenters. The zero-order valence-corrected chi connectivity index (χ0v) is 14.0. The van der Waals surface area contributed by atoms with Gasteiger partial charge in [-0.25, -0.2) is 4.79 Å². The van der Waals surface area contributed by atoms with Gasteiger partial charge in [0.25, 0.3) is 0 Å². The first-order chi connectivity index (χ1) is 11.3. The summed E-state index contributed by atoms with van der Waals surface area (Å²) in [5.41, 5.74) is 5.13. The number of nitrogens with two attached hydrogens (primary N) is 1. The van der Waals surface area contributed by atoms with Gasteiger partial charge in [-0.2, -0.15) is 0 Å². The first kappa shape index (κ1) is 17.8. The second-order valence-electron chi connectivity index (χ2n) is 6.06. The molecule has 0 radical (unpaired) electrons. The lowest BCUT2D eigenvalue weighted by Gasteiger charge is -2.14. The van der Waals surface area contributed by atoms with Gasteiger partial charge in [-0.15, -0.1) is 0 Å². The monoisotopic (exact) mass is 334 g/mol. The van der Waals surface area contributed by atoms with E-state index in [-0.39, 0.29) is 29.3 Å². The molecule has 4 N–H and O–H groups in total. The third kappa shape index (κ3) is 4.05. The van der Waals surface area contributed by atoms with Crippen molar-refractivity contribution in [3.8, 4) is 11.5 Å². The van der Waals surface area contributed by atoms with Crippen LogP contribution in [-0.2, 0) is 11.3 Å². The zero-order valence-electron chi connectivity index (χ0n) is 14.0. The van der Waals surface area contributed by atoms with E-state index in [1.807, 2.05) is 13.8 Å². The van der Waals surface area contributed by atoms with Crippen molar-refractivity contribution in [3.63, 3.8) is 0 Å². The molecule has 1 heterocycles. The number of amides is 1. The minimum absolute atomic E-state index is 0.0355. The van der Waals surface area contributed by atoms with Crippen LogP contribution in [0.4, 0.5) is 0 Å². The normalized spacial score (nSPS) is 12.4. The molecule has 0 aliphatic heterocycles. The Bertz CT molecular complexity index is 797. The SMILES string of the molecule is COc1cc(O)c2c(=O)oc(CNC(=O)[C@@H](N)CC(C)C)cc2c1. The van der Waals surface area contributed by atoms with Crippen LogP contribution in [0.15, 0.2) is 27.4 Å². The number of rotatable bonds is 6. The molecule has 0 aliphatic carbocycles. The number of nitrogens with one attached hydrogen (secondary N) is 1. The molecule has 7 nitrogen and oxygen atoms in total. The van der Waals surface area contributed by atoms with Crippen LogP contribution in [0.2, 0.25) is 0 Å². The summed E-state index contributed by atoms with van der Waals surface area (Å²) in [5.74, 6) is 0.470. The van der Waals surface area contributed by atoms with E-state index in [0.717, 1.165) is 0 Å². The Morgan fingerprint density at radius 3 is 2.71 bits per heavy atom. The predicted octanol–water partition coefficient (Wildman–Crippen LogP) is 1.50. The zero-order chi connectivity index (χ0) is 17.9. The fraction of sp³-hybridized carbons (Fsp3) is 0.412. The van der Waals surface area contributed by atoms with E-state index in [2.05, 4.69) is 5.32 Å². The summed E-state index contributed by atoms with van der Waals surface area (Å²) in [5, 5.41) is 13.1. The van der Waals surface area contributed by atoms with Crippen molar-refractivity contribution in [1.29, 1.82) is 0 Å². The van der Waals surface area contributed by atoms with E-state index in [0.29, 0.717) is 23.5 Å². The molecule has 0 saturated heterocycles. The van der Waals surface area contributed by atoms with E-state index in [1.54, 1.807) is 12.1 Å². The Labute approximate surface area is 139 Å². The Hall–Kier alpha value is -2.54. The Morgan fingerprint density at radius 1 is 1.38 bits per heavy atom. The van der Waals surface area contributed by atoms with Gasteiger partial charge in [-0.3, -0.25) is 4.79 Å². The van der Waals surface area contributed by atoms with Gasteiger partial charge < -0.3 is 25.3 Å². The lowest BCUT2D eigenvalue weighted by molar-refractivity contribution is -0.122. The van der Waals surface area contributed by atoms with Gasteiger partial charge >= 0.3 is 5.63 Å². The summed E-state index contributed by atoms with van der Waals surface area (Å²) in [6.45, 7) is 4.00. The molecule has 7 heteroatoms. The second kappa shape index (κ2) is 7.35. The van der Waals surface area contributed by atoms with Crippen LogP contribution in [0.25, 0.3) is 10.8 Å². The van der Waals surface area contributed by atoms with Gasteiger partial charge in [-0.05, 0) is 29.9 Å². The number of carbonyl (C=O) groups is 1. The first-order valence-corrected chi connectivity index (χ1v) is 7.68. The molecule has 1 amide bonds. The summed E-state index contributed by atoms with van der Waals surface area (Å²) < 4.78 is 10.2. The topological polar surface area (TPSA) is 115 Å². The number of aromatic hydroxyl groups is 1. The maximum atomic E-state index is 12.0. The van der Waals surface area contributed by atoms with Crippen LogP contribution in [0.3, 0.4) is 0 Å². The minimum atomic E-state index is -0.677. The highest BCUT2D eigenvalue weighted by Crippen LogP contribution is 2.28. The van der Waals surface area contributed by atoms with Crippen LogP contribution in [0.1, 0.15) is 26.0 Å². The third-order valence-electron chi connectivity index (χ3n) is 3.60. The van der Waals surface area contributed by atoms with Crippen LogP contribution < -0.4 is 21.4 Å². The molecule has 2 rings (SSSR count). The largest absolute Gasteiger partial charge is 0.507 e. The number of hydrogen-bond donors (Lipinski definition) is 3. The molecule has 0 bridgehead atoms. The predicted molar refractivity (Wildman–Crippen MR) is 90.0 cm³/mol. The first-order valence-electron chi connectivity index (χ1n) is 7.68. The lowest BCUT2D eigenvalue weighted by atomic mass is 10.0. The van der Waals surface area contributed by atoms with Crippen LogP contribution in [0.5, 0.6) is 11.5 Å². The van der Waals surface area contributed by atoms with Crippen LogP contribution in [-0.4, -0.2) is 24.2 Å². The van der Waals surface area contributed by atoms with Crippen LogP contribution >= 0.6 is 0 Å². The summed E-state index contributed by atoms with van der Waals surface area (Å²) in [6.07, 6.45) is 0.568. The minimum Gasteiger partial charge on any atom is -0.507 e. The molecule has 130 valence electrons. The molecule has 24 heavy (non-hydrogen) atoms. The molecular formula is C17H22N2O5. The Balaban J connectivity index is 2.21. The van der Waals surface area contributed by atoms with Crippen molar-refractivity contribution in [3.05, 3.63) is 34.4 Å². The number of carbonyl (C=O) groups excluding carboxylic acids is 1. The highest BCUT2D eigenvalue weighted by atomic mass is 16.5. The van der Waals surface area contributed by atoms with Crippen molar-refractivity contribution in [2.75, 3.05) is 7.11 Å². The van der Waals surface area contributed by atoms with E-state index in [1.165, 1.54) is 13.2 Å². The van der Waals surface area contributed by atoms with Gasteiger partial charge in [0.2, 0.25) is 5.91 Å². The lowest BCUT2D eigenvalue weighted by Crippen LogP contribution is -2.41. The summed E-state index contributed by atoms with van der Waals surface area (Å²) in [7, 11) is 1.46. The standard InChI is InChI=1S/C17H22N2O5/c1-9(2)4-13(18)16(21)19-8-12-6-10-5-11(23-3)7-14(20)15(10)17(22)24-12/h5-7,9,13,20H,4,8,18H2,1-3H3,(H,19,21)/t13-/m0/s1. The molecule has 0 saturated carbocycles. The van der Waals surface area contributed by atoms with Crippen molar-refractivity contribution >= 4 is 16.7 Å². The smallest absolute Gasteiger partial charge is 0.347 e. The van der Waals surface area contributed by atoms with Gasteiger partial charge in [0.05, 0.1) is 19.7 Å². The Morgan fingerprint density at radius 2 is 2.08 bits per heavy atom. The average molecular weight is 334 g/mol. The third-order valence-corrected chi connectivity index (χ3v) is 3.60. The van der Waals surface area contributed by atoms with E-state index < -0.39 is 11.7 Å². The number of hydrogen-bond acceptors (Lipinski definition) is 6. The van der Waals surface area contributed by atoms with Gasteiger partial charge in [0.15, 0.2) is 0 Å². The molecule has 2 aromatic rings. The highest BCUT2D eigenvalue weighted by molar-refractivity contribution is 5.88. The highest BCUT2D eigenvalue weighted by Gasteiger charge is 2.16. The number of phenols is 1. The van der Waals surface area contributed by atoms with Gasteiger partial charge in [0.1, 0.15) is 22.6 Å². The number of fused-ring (bicyclic) bond motifs is 1. The van der Waals surface area contributed by atoms with E-state index in [4.69, 9.17) is 14.9 Å². The van der Waals surface area contributed by atoms with E-state index >= 15 is 0 Å². The fourth-order valence-corrected chi connectivity index (χ4v) is 2.46. The average Bonchev–Trinajstić information content (AvgIpc) is 2.50. The van der Waals surface area contributed by atoms with E-state index in [9.17, 15) is 14.7 Å².